The van der Waals surface area contributed by atoms with Gasteiger partial charge in [-0.3, -0.25) is 4.79 Å². The monoisotopic (exact) mass is 358 g/mol. The van der Waals surface area contributed by atoms with Crippen molar-refractivity contribution in [3.05, 3.63) is 29.3 Å². The third-order valence-electron chi connectivity index (χ3n) is 5.73. The van der Waals surface area contributed by atoms with Gasteiger partial charge in [0.15, 0.2) is 6.61 Å². The van der Waals surface area contributed by atoms with Crippen molar-refractivity contribution in [1.29, 1.82) is 0 Å². The second kappa shape index (κ2) is 9.40. The number of amides is 1. The molecule has 4 heteroatoms. The second-order valence-electron chi connectivity index (χ2n) is 8.04. The van der Waals surface area contributed by atoms with Crippen LogP contribution < -0.4 is 4.74 Å². The van der Waals surface area contributed by atoms with Gasteiger partial charge in [0, 0.05) is 19.1 Å². The van der Waals surface area contributed by atoms with Gasteiger partial charge in [0.05, 0.1) is 0 Å². The van der Waals surface area contributed by atoms with Crippen LogP contribution >= 0.6 is 0 Å². The molecule has 26 heavy (non-hydrogen) atoms. The molecule has 0 radical (unpaired) electrons. The fourth-order valence-corrected chi connectivity index (χ4v) is 4.39. The molecule has 1 atom stereocenters. The fourth-order valence-electron chi connectivity index (χ4n) is 4.39. The largest absolute Gasteiger partial charge is 0.484 e. The molecule has 144 valence electrons. The van der Waals surface area contributed by atoms with Gasteiger partial charge in [-0.15, -0.1) is 0 Å². The average Bonchev–Trinajstić information content (AvgIpc) is 2.65. The van der Waals surface area contributed by atoms with Crippen LogP contribution in [-0.4, -0.2) is 54.5 Å². The summed E-state index contributed by atoms with van der Waals surface area (Å²) in [5.41, 5.74) is 2.34. The third kappa shape index (κ3) is 5.47. The third-order valence-corrected chi connectivity index (χ3v) is 5.73. The number of benzene rings is 1. The first-order valence-corrected chi connectivity index (χ1v) is 10.3. The maximum absolute atomic E-state index is 12.8. The standard InChI is InChI=1S/C22H34N2O2/c1-18-14-19(2)16-21(15-18)26-17-22(25)24-12-7-4-8-20(24)9-13-23-10-5-3-6-11-23/h14-16,20H,3-13,17H2,1-2H3/t20-/m1/s1. The van der Waals surface area contributed by atoms with Gasteiger partial charge in [-0.2, -0.15) is 0 Å². The highest BCUT2D eigenvalue weighted by molar-refractivity contribution is 5.78. The van der Waals surface area contributed by atoms with E-state index in [4.69, 9.17) is 4.74 Å². The quantitative estimate of drug-likeness (QED) is 0.772. The van der Waals surface area contributed by atoms with Crippen LogP contribution in [-0.2, 0) is 4.79 Å². The van der Waals surface area contributed by atoms with Crippen LogP contribution in [0, 0.1) is 13.8 Å². The molecule has 1 amide bonds. The van der Waals surface area contributed by atoms with Gasteiger partial charge in [0.25, 0.3) is 5.91 Å². The number of aryl methyl sites for hydroxylation is 2. The topological polar surface area (TPSA) is 32.8 Å². The van der Waals surface area contributed by atoms with Crippen LogP contribution in [0.3, 0.4) is 0 Å². The van der Waals surface area contributed by atoms with Crippen LogP contribution in [0.5, 0.6) is 5.75 Å². The van der Waals surface area contributed by atoms with Crippen molar-refractivity contribution in [1.82, 2.24) is 9.80 Å². The van der Waals surface area contributed by atoms with Gasteiger partial charge in [0.2, 0.25) is 0 Å². The molecule has 1 aromatic carbocycles. The molecule has 2 heterocycles. The van der Waals surface area contributed by atoms with Crippen molar-refractivity contribution in [2.75, 3.05) is 32.8 Å². The number of hydrogen-bond donors (Lipinski definition) is 0. The molecule has 2 fully saturated rings. The fraction of sp³-hybridized carbons (Fsp3) is 0.682. The van der Waals surface area contributed by atoms with Crippen molar-refractivity contribution in [2.24, 2.45) is 0 Å². The summed E-state index contributed by atoms with van der Waals surface area (Å²) >= 11 is 0. The molecule has 0 saturated carbocycles. The first kappa shape index (κ1) is 19.2. The molecule has 4 nitrogen and oxygen atoms in total. The minimum Gasteiger partial charge on any atom is -0.484 e. The molecule has 0 aromatic heterocycles. The molecule has 2 aliphatic rings. The summed E-state index contributed by atoms with van der Waals surface area (Å²) in [7, 11) is 0. The smallest absolute Gasteiger partial charge is 0.260 e. The van der Waals surface area contributed by atoms with E-state index >= 15 is 0 Å². The maximum Gasteiger partial charge on any atom is 0.260 e. The molecule has 0 aliphatic carbocycles. The van der Waals surface area contributed by atoms with E-state index in [0.29, 0.717) is 6.04 Å². The summed E-state index contributed by atoms with van der Waals surface area (Å²) in [6, 6.07) is 6.52. The van der Waals surface area contributed by atoms with Gasteiger partial charge in [0.1, 0.15) is 5.75 Å². The highest BCUT2D eigenvalue weighted by atomic mass is 16.5. The van der Waals surface area contributed by atoms with Crippen molar-refractivity contribution in [3.63, 3.8) is 0 Å². The zero-order valence-corrected chi connectivity index (χ0v) is 16.5. The highest BCUT2D eigenvalue weighted by Crippen LogP contribution is 2.22. The molecule has 0 N–H and O–H groups in total. The number of ether oxygens (including phenoxy) is 1. The number of hydrogen-bond acceptors (Lipinski definition) is 3. The molecule has 3 rings (SSSR count). The Morgan fingerprint density at radius 3 is 2.42 bits per heavy atom. The van der Waals surface area contributed by atoms with Crippen LogP contribution in [0.15, 0.2) is 18.2 Å². The van der Waals surface area contributed by atoms with E-state index in [-0.39, 0.29) is 12.5 Å². The van der Waals surface area contributed by atoms with Crippen molar-refractivity contribution >= 4 is 5.91 Å². The molecular weight excluding hydrogens is 324 g/mol. The van der Waals surface area contributed by atoms with Crippen LogP contribution in [0.1, 0.15) is 56.1 Å². The summed E-state index contributed by atoms with van der Waals surface area (Å²) in [4.78, 5) is 17.5. The Bertz CT molecular complexity index is 576. The normalized spacial score (nSPS) is 21.6. The number of nitrogens with zero attached hydrogens (tertiary/aromatic N) is 2. The zero-order chi connectivity index (χ0) is 18.4. The van der Waals surface area contributed by atoms with Crippen molar-refractivity contribution in [2.45, 2.75) is 64.8 Å². The number of likely N-dealkylation sites (tertiary alicyclic amines) is 2. The maximum atomic E-state index is 12.8. The lowest BCUT2D eigenvalue weighted by Gasteiger charge is -2.37. The molecule has 1 aromatic rings. The summed E-state index contributed by atoms with van der Waals surface area (Å²) < 4.78 is 5.82. The van der Waals surface area contributed by atoms with E-state index in [1.165, 1.54) is 49.9 Å². The van der Waals surface area contributed by atoms with E-state index in [1.54, 1.807) is 0 Å². The first-order valence-electron chi connectivity index (χ1n) is 10.3. The summed E-state index contributed by atoms with van der Waals surface area (Å²) in [6.07, 6.45) is 8.65. The summed E-state index contributed by atoms with van der Waals surface area (Å²) in [5, 5.41) is 0. The van der Waals surface area contributed by atoms with E-state index < -0.39 is 0 Å². The number of rotatable bonds is 6. The second-order valence-corrected chi connectivity index (χ2v) is 8.04. The average molecular weight is 359 g/mol. The molecule has 0 bridgehead atoms. The highest BCUT2D eigenvalue weighted by Gasteiger charge is 2.27. The van der Waals surface area contributed by atoms with Crippen molar-refractivity contribution in [3.8, 4) is 5.75 Å². The molecular formula is C22H34N2O2. The lowest BCUT2D eigenvalue weighted by molar-refractivity contribution is -0.137. The van der Waals surface area contributed by atoms with E-state index in [0.717, 1.165) is 38.1 Å². The van der Waals surface area contributed by atoms with E-state index in [9.17, 15) is 4.79 Å². The molecule has 2 aliphatic heterocycles. The van der Waals surface area contributed by atoms with Crippen LogP contribution in [0.4, 0.5) is 0 Å². The minimum atomic E-state index is 0.146. The lowest BCUT2D eigenvalue weighted by atomic mass is 9.98. The summed E-state index contributed by atoms with van der Waals surface area (Å²) in [6.45, 7) is 8.76. The molecule has 0 spiro atoms. The van der Waals surface area contributed by atoms with Gasteiger partial charge < -0.3 is 14.5 Å². The minimum absolute atomic E-state index is 0.146. The predicted molar refractivity (Wildman–Crippen MR) is 106 cm³/mol. The molecule has 2 saturated heterocycles. The van der Waals surface area contributed by atoms with Crippen LogP contribution in [0.25, 0.3) is 0 Å². The SMILES string of the molecule is Cc1cc(C)cc(OCC(=O)N2CCCC[C@@H]2CCN2CCCCC2)c1. The Balaban J connectivity index is 1.51. The van der Waals surface area contributed by atoms with Gasteiger partial charge in [-0.25, -0.2) is 0 Å². The number of piperidine rings is 2. The Hall–Kier alpha value is -1.55. The van der Waals surface area contributed by atoms with E-state index in [1.807, 2.05) is 12.1 Å². The Morgan fingerprint density at radius 1 is 1.00 bits per heavy atom. The van der Waals surface area contributed by atoms with Gasteiger partial charge in [-0.05, 0) is 88.7 Å². The lowest BCUT2D eigenvalue weighted by Crippen LogP contribution is -2.47. The van der Waals surface area contributed by atoms with Crippen molar-refractivity contribution < 1.29 is 9.53 Å². The number of carbonyl (C=O) groups excluding carboxylic acids is 1. The molecule has 0 unspecified atom stereocenters. The van der Waals surface area contributed by atoms with Crippen LogP contribution in [0.2, 0.25) is 0 Å². The zero-order valence-electron chi connectivity index (χ0n) is 16.5. The Morgan fingerprint density at radius 2 is 1.69 bits per heavy atom. The first-order chi connectivity index (χ1) is 12.6. The van der Waals surface area contributed by atoms with E-state index in [2.05, 4.69) is 29.7 Å². The summed E-state index contributed by atoms with van der Waals surface area (Å²) in [5.74, 6) is 0.949. The number of carbonyl (C=O) groups is 1. The van der Waals surface area contributed by atoms with Gasteiger partial charge >= 0.3 is 0 Å². The van der Waals surface area contributed by atoms with Gasteiger partial charge in [-0.1, -0.05) is 12.5 Å². The Kier molecular flexibility index (Phi) is 6.95. The Labute approximate surface area is 158 Å². The predicted octanol–water partition coefficient (Wildman–Crippen LogP) is 3.94.